The molecule has 4 heteroatoms. The van der Waals surface area contributed by atoms with Crippen molar-refractivity contribution in [3.8, 4) is 0 Å². The Labute approximate surface area is 115 Å². The van der Waals surface area contributed by atoms with Gasteiger partial charge in [-0.2, -0.15) is 0 Å². The topological polar surface area (TPSA) is 49.8 Å². The van der Waals surface area contributed by atoms with E-state index in [-0.39, 0.29) is 0 Å². The van der Waals surface area contributed by atoms with Gasteiger partial charge in [-0.3, -0.25) is 0 Å². The van der Waals surface area contributed by atoms with E-state index in [1.807, 2.05) is 6.07 Å². The van der Waals surface area contributed by atoms with Gasteiger partial charge in [0, 0.05) is 25.1 Å². The lowest BCUT2D eigenvalue weighted by molar-refractivity contribution is 0.303. The molecule has 2 saturated carbocycles. The number of nitrogens with one attached hydrogen (secondary N) is 2. The van der Waals surface area contributed by atoms with E-state index in [0.29, 0.717) is 5.92 Å². The molecule has 0 spiro atoms. The Morgan fingerprint density at radius 1 is 1.11 bits per heavy atom. The molecule has 1 aromatic heterocycles. The van der Waals surface area contributed by atoms with Crippen LogP contribution in [0.2, 0.25) is 0 Å². The third-order valence-corrected chi connectivity index (χ3v) is 4.13. The number of rotatable bonds is 7. The van der Waals surface area contributed by atoms with Gasteiger partial charge < -0.3 is 10.6 Å². The Morgan fingerprint density at radius 3 is 2.42 bits per heavy atom. The zero-order valence-electron chi connectivity index (χ0n) is 11.8. The average molecular weight is 260 g/mol. The Balaban J connectivity index is 1.60. The van der Waals surface area contributed by atoms with Gasteiger partial charge in [-0.25, -0.2) is 9.97 Å². The standard InChI is InChI=1S/C15H24N4/c1-2-16-13-10-14(17-9-8-11-4-3-5-11)19-15(18-13)12-6-7-12/h10-12H,2-9H2,1H3,(H2,16,17,18,19). The van der Waals surface area contributed by atoms with Gasteiger partial charge in [0.25, 0.3) is 0 Å². The highest BCUT2D eigenvalue weighted by Crippen LogP contribution is 2.38. The maximum absolute atomic E-state index is 4.66. The Hall–Kier alpha value is -1.32. The third-order valence-electron chi connectivity index (χ3n) is 4.13. The highest BCUT2D eigenvalue weighted by molar-refractivity contribution is 5.48. The van der Waals surface area contributed by atoms with Crippen LogP contribution in [-0.2, 0) is 0 Å². The molecule has 0 amide bonds. The second-order valence-corrected chi connectivity index (χ2v) is 5.81. The maximum Gasteiger partial charge on any atom is 0.136 e. The van der Waals surface area contributed by atoms with Crippen LogP contribution in [0.15, 0.2) is 6.07 Å². The summed E-state index contributed by atoms with van der Waals surface area (Å²) in [5.74, 6) is 4.53. The molecule has 19 heavy (non-hydrogen) atoms. The molecule has 2 aliphatic carbocycles. The lowest BCUT2D eigenvalue weighted by Gasteiger charge is -2.25. The Kier molecular flexibility index (Phi) is 3.85. The fourth-order valence-corrected chi connectivity index (χ4v) is 2.54. The largest absolute Gasteiger partial charge is 0.370 e. The van der Waals surface area contributed by atoms with Crippen molar-refractivity contribution >= 4 is 11.6 Å². The zero-order valence-corrected chi connectivity index (χ0v) is 11.8. The van der Waals surface area contributed by atoms with Crippen molar-refractivity contribution in [2.45, 2.75) is 51.4 Å². The zero-order chi connectivity index (χ0) is 13.1. The fraction of sp³-hybridized carbons (Fsp3) is 0.733. The molecule has 0 bridgehead atoms. The molecule has 0 aromatic carbocycles. The van der Waals surface area contributed by atoms with Crippen LogP contribution in [0.5, 0.6) is 0 Å². The summed E-state index contributed by atoms with van der Waals surface area (Å²) in [5.41, 5.74) is 0. The monoisotopic (exact) mass is 260 g/mol. The first-order valence-corrected chi connectivity index (χ1v) is 7.72. The van der Waals surface area contributed by atoms with Crippen molar-refractivity contribution in [3.63, 3.8) is 0 Å². The van der Waals surface area contributed by atoms with Crippen molar-refractivity contribution in [2.75, 3.05) is 23.7 Å². The Bertz CT molecular complexity index is 424. The van der Waals surface area contributed by atoms with Gasteiger partial charge >= 0.3 is 0 Å². The van der Waals surface area contributed by atoms with Crippen molar-refractivity contribution in [1.82, 2.24) is 9.97 Å². The van der Waals surface area contributed by atoms with Gasteiger partial charge in [0.1, 0.15) is 17.5 Å². The van der Waals surface area contributed by atoms with E-state index in [0.717, 1.165) is 36.5 Å². The molecule has 2 N–H and O–H groups in total. The van der Waals surface area contributed by atoms with Crippen LogP contribution in [0.25, 0.3) is 0 Å². The molecular weight excluding hydrogens is 236 g/mol. The summed E-state index contributed by atoms with van der Waals surface area (Å²) in [6, 6.07) is 2.04. The second kappa shape index (κ2) is 5.76. The highest BCUT2D eigenvalue weighted by Gasteiger charge is 2.27. The number of anilines is 2. The van der Waals surface area contributed by atoms with Crippen LogP contribution in [-0.4, -0.2) is 23.1 Å². The average Bonchev–Trinajstić information content (AvgIpc) is 3.17. The molecule has 0 aliphatic heterocycles. The van der Waals surface area contributed by atoms with E-state index in [9.17, 15) is 0 Å². The lowest BCUT2D eigenvalue weighted by atomic mass is 9.83. The van der Waals surface area contributed by atoms with E-state index < -0.39 is 0 Å². The van der Waals surface area contributed by atoms with Gasteiger partial charge in [-0.15, -0.1) is 0 Å². The minimum atomic E-state index is 0.603. The SMILES string of the molecule is CCNc1cc(NCCC2CCC2)nc(C2CC2)n1. The fourth-order valence-electron chi connectivity index (χ4n) is 2.54. The molecule has 0 radical (unpaired) electrons. The summed E-state index contributed by atoms with van der Waals surface area (Å²) in [6.45, 7) is 4.04. The van der Waals surface area contributed by atoms with Gasteiger partial charge in [-0.05, 0) is 32.1 Å². The van der Waals surface area contributed by atoms with Gasteiger partial charge in [-0.1, -0.05) is 19.3 Å². The predicted molar refractivity (Wildman–Crippen MR) is 78.6 cm³/mol. The molecule has 2 aliphatic rings. The molecule has 4 nitrogen and oxygen atoms in total. The van der Waals surface area contributed by atoms with E-state index in [1.54, 1.807) is 0 Å². The first-order chi connectivity index (χ1) is 9.35. The molecule has 0 saturated heterocycles. The quantitative estimate of drug-likeness (QED) is 0.789. The molecular formula is C15H24N4. The summed E-state index contributed by atoms with van der Waals surface area (Å²) >= 11 is 0. The smallest absolute Gasteiger partial charge is 0.136 e. The van der Waals surface area contributed by atoms with Crippen LogP contribution >= 0.6 is 0 Å². The maximum atomic E-state index is 4.66. The minimum Gasteiger partial charge on any atom is -0.370 e. The van der Waals surface area contributed by atoms with Crippen LogP contribution in [0.4, 0.5) is 11.6 Å². The van der Waals surface area contributed by atoms with E-state index in [4.69, 9.17) is 0 Å². The van der Waals surface area contributed by atoms with Crippen LogP contribution in [0, 0.1) is 5.92 Å². The Morgan fingerprint density at radius 2 is 1.84 bits per heavy atom. The van der Waals surface area contributed by atoms with Crippen LogP contribution < -0.4 is 10.6 Å². The summed E-state index contributed by atoms with van der Waals surface area (Å²) in [7, 11) is 0. The van der Waals surface area contributed by atoms with Crippen molar-refractivity contribution < 1.29 is 0 Å². The highest BCUT2D eigenvalue weighted by atomic mass is 15.1. The summed E-state index contributed by atoms with van der Waals surface area (Å²) in [5, 5.41) is 6.78. The normalized spacial score (nSPS) is 19.0. The molecule has 3 rings (SSSR count). The van der Waals surface area contributed by atoms with Crippen LogP contribution in [0.1, 0.15) is 57.2 Å². The molecule has 1 aromatic rings. The summed E-state index contributed by atoms with van der Waals surface area (Å²) < 4.78 is 0. The lowest BCUT2D eigenvalue weighted by Crippen LogP contribution is -2.16. The first kappa shape index (κ1) is 12.7. The van der Waals surface area contributed by atoms with Crippen LogP contribution in [0.3, 0.4) is 0 Å². The van der Waals surface area contributed by atoms with E-state index in [2.05, 4.69) is 27.5 Å². The molecule has 104 valence electrons. The molecule has 0 atom stereocenters. The van der Waals surface area contributed by atoms with Crippen molar-refractivity contribution in [2.24, 2.45) is 5.92 Å². The van der Waals surface area contributed by atoms with E-state index >= 15 is 0 Å². The van der Waals surface area contributed by atoms with Gasteiger partial charge in [0.05, 0.1) is 0 Å². The number of hydrogen-bond donors (Lipinski definition) is 2. The van der Waals surface area contributed by atoms with Crippen molar-refractivity contribution in [1.29, 1.82) is 0 Å². The number of hydrogen-bond acceptors (Lipinski definition) is 4. The van der Waals surface area contributed by atoms with Gasteiger partial charge in [0.2, 0.25) is 0 Å². The van der Waals surface area contributed by atoms with E-state index in [1.165, 1.54) is 38.5 Å². The third kappa shape index (κ3) is 3.37. The van der Waals surface area contributed by atoms with Crippen molar-refractivity contribution in [3.05, 3.63) is 11.9 Å². The summed E-state index contributed by atoms with van der Waals surface area (Å²) in [6.07, 6.45) is 8.03. The molecule has 1 heterocycles. The first-order valence-electron chi connectivity index (χ1n) is 7.72. The summed E-state index contributed by atoms with van der Waals surface area (Å²) in [4.78, 5) is 9.25. The molecule has 0 unspecified atom stereocenters. The number of nitrogens with zero attached hydrogens (tertiary/aromatic N) is 2. The number of aromatic nitrogens is 2. The second-order valence-electron chi connectivity index (χ2n) is 5.81. The minimum absolute atomic E-state index is 0.603. The molecule has 2 fully saturated rings. The van der Waals surface area contributed by atoms with Gasteiger partial charge in [0.15, 0.2) is 0 Å². The predicted octanol–water partition coefficient (Wildman–Crippen LogP) is 3.39.